The van der Waals surface area contributed by atoms with Gasteiger partial charge in [-0.25, -0.2) is 0 Å². The van der Waals surface area contributed by atoms with Crippen LogP contribution in [0.15, 0.2) is 0 Å². The zero-order chi connectivity index (χ0) is 15.4. The van der Waals surface area contributed by atoms with Gasteiger partial charge in [0.05, 0.1) is 31.8 Å². The highest BCUT2D eigenvalue weighted by Crippen LogP contribution is 2.33. The van der Waals surface area contributed by atoms with Crippen LogP contribution < -0.4 is 5.32 Å². The Kier molecular flexibility index (Phi) is 4.95. The first-order valence-corrected chi connectivity index (χ1v) is 8.15. The van der Waals surface area contributed by atoms with Crippen LogP contribution in [0.25, 0.3) is 0 Å². The predicted molar refractivity (Wildman–Crippen MR) is 79.3 cm³/mol. The first-order chi connectivity index (χ1) is 10.7. The Morgan fingerprint density at radius 1 is 0.955 bits per heavy atom. The second-order valence-corrected chi connectivity index (χ2v) is 6.28. The average molecular weight is 311 g/mol. The Bertz CT molecular complexity index is 411. The highest BCUT2D eigenvalue weighted by Gasteiger charge is 2.46. The molecule has 1 atom stereocenters. The Hall–Kier alpha value is -1.18. The number of rotatable bonds is 3. The molecule has 0 aromatic carbocycles. The fourth-order valence-corrected chi connectivity index (χ4v) is 3.47. The molecule has 0 spiro atoms. The number of nitrogens with one attached hydrogen (secondary N) is 1. The molecular formula is C15H25N3O4. The van der Waals surface area contributed by atoms with Gasteiger partial charge < -0.3 is 24.6 Å². The van der Waals surface area contributed by atoms with Crippen molar-refractivity contribution in [3.63, 3.8) is 0 Å². The number of ether oxygens (including phenoxy) is 2. The lowest BCUT2D eigenvalue weighted by molar-refractivity contribution is -0.151. The van der Waals surface area contributed by atoms with E-state index in [2.05, 4.69) is 5.32 Å². The summed E-state index contributed by atoms with van der Waals surface area (Å²) in [4.78, 5) is 29.3. The molecule has 0 aromatic rings. The number of hydrogen-bond donors (Lipinski definition) is 1. The van der Waals surface area contributed by atoms with Crippen LogP contribution in [-0.4, -0.2) is 87.3 Å². The third-order valence-corrected chi connectivity index (χ3v) is 4.85. The van der Waals surface area contributed by atoms with Gasteiger partial charge in [0.15, 0.2) is 0 Å². The quantitative estimate of drug-likeness (QED) is 0.729. The van der Waals surface area contributed by atoms with Gasteiger partial charge in [-0.3, -0.25) is 9.59 Å². The van der Waals surface area contributed by atoms with E-state index in [4.69, 9.17) is 9.47 Å². The molecule has 0 aromatic heterocycles. The van der Waals surface area contributed by atoms with Gasteiger partial charge in [0, 0.05) is 39.1 Å². The van der Waals surface area contributed by atoms with E-state index in [0.717, 1.165) is 13.0 Å². The summed E-state index contributed by atoms with van der Waals surface area (Å²) in [6.45, 7) is 6.29. The molecule has 3 rings (SSSR count). The van der Waals surface area contributed by atoms with Gasteiger partial charge >= 0.3 is 0 Å². The van der Waals surface area contributed by atoms with Crippen LogP contribution in [0, 0.1) is 5.41 Å². The van der Waals surface area contributed by atoms with E-state index in [-0.39, 0.29) is 11.8 Å². The van der Waals surface area contributed by atoms with Gasteiger partial charge in [-0.1, -0.05) is 0 Å². The van der Waals surface area contributed by atoms with Crippen molar-refractivity contribution >= 4 is 11.8 Å². The second-order valence-electron chi connectivity index (χ2n) is 6.28. The average Bonchev–Trinajstić information content (AvgIpc) is 3.05. The van der Waals surface area contributed by atoms with Crippen molar-refractivity contribution in [2.45, 2.75) is 12.8 Å². The third kappa shape index (κ3) is 3.26. The molecule has 3 fully saturated rings. The minimum atomic E-state index is -0.577. The van der Waals surface area contributed by atoms with E-state index < -0.39 is 5.41 Å². The molecule has 3 aliphatic rings. The van der Waals surface area contributed by atoms with Gasteiger partial charge in [0.1, 0.15) is 0 Å². The Balaban J connectivity index is 1.67. The summed E-state index contributed by atoms with van der Waals surface area (Å²) in [6.07, 6.45) is 1.04. The van der Waals surface area contributed by atoms with Crippen LogP contribution >= 0.6 is 0 Å². The summed E-state index contributed by atoms with van der Waals surface area (Å²) in [5.74, 6) is 0.191. The number of hydrogen-bond acceptors (Lipinski definition) is 5. The van der Waals surface area contributed by atoms with E-state index >= 15 is 0 Å². The number of nitrogens with zero attached hydrogens (tertiary/aromatic N) is 2. The van der Waals surface area contributed by atoms with Crippen molar-refractivity contribution in [2.24, 2.45) is 5.41 Å². The lowest BCUT2D eigenvalue weighted by atomic mass is 9.81. The van der Waals surface area contributed by atoms with E-state index in [1.807, 2.05) is 9.80 Å². The molecule has 22 heavy (non-hydrogen) atoms. The highest BCUT2D eigenvalue weighted by atomic mass is 16.5. The van der Waals surface area contributed by atoms with E-state index in [1.54, 1.807) is 0 Å². The normalized spacial score (nSPS) is 29.6. The van der Waals surface area contributed by atoms with Crippen molar-refractivity contribution in [1.29, 1.82) is 0 Å². The number of carbonyl (C=O) groups excluding carboxylic acids is 2. The number of carbonyl (C=O) groups is 2. The monoisotopic (exact) mass is 311 g/mol. The summed E-state index contributed by atoms with van der Waals surface area (Å²) >= 11 is 0. The second kappa shape index (κ2) is 6.93. The van der Waals surface area contributed by atoms with Crippen molar-refractivity contribution < 1.29 is 19.1 Å². The molecule has 0 bridgehead atoms. The lowest BCUT2D eigenvalue weighted by Crippen LogP contribution is -2.52. The van der Waals surface area contributed by atoms with Gasteiger partial charge in [-0.15, -0.1) is 0 Å². The summed E-state index contributed by atoms with van der Waals surface area (Å²) in [7, 11) is 0. The van der Waals surface area contributed by atoms with Gasteiger partial charge in [0.2, 0.25) is 11.8 Å². The molecule has 1 N–H and O–H groups in total. The van der Waals surface area contributed by atoms with Gasteiger partial charge in [-0.05, 0) is 13.0 Å². The molecule has 3 saturated heterocycles. The van der Waals surface area contributed by atoms with Crippen LogP contribution in [0.4, 0.5) is 0 Å². The van der Waals surface area contributed by atoms with E-state index in [1.165, 1.54) is 0 Å². The fourth-order valence-electron chi connectivity index (χ4n) is 3.47. The zero-order valence-electron chi connectivity index (χ0n) is 13.0. The van der Waals surface area contributed by atoms with Gasteiger partial charge in [-0.2, -0.15) is 0 Å². The maximum atomic E-state index is 13.0. The van der Waals surface area contributed by atoms with E-state index in [9.17, 15) is 9.59 Å². The summed E-state index contributed by atoms with van der Waals surface area (Å²) in [5.41, 5.74) is -0.577. The Morgan fingerprint density at radius 2 is 1.55 bits per heavy atom. The molecule has 1 unspecified atom stereocenters. The van der Waals surface area contributed by atoms with Crippen molar-refractivity contribution in [3.05, 3.63) is 0 Å². The summed E-state index contributed by atoms with van der Waals surface area (Å²) in [5, 5.41) is 3.27. The number of morpholine rings is 2. The first kappa shape index (κ1) is 15.7. The predicted octanol–water partition coefficient (Wildman–Crippen LogP) is -0.926. The molecule has 0 aliphatic carbocycles. The first-order valence-electron chi connectivity index (χ1n) is 8.15. The molecule has 124 valence electrons. The minimum Gasteiger partial charge on any atom is -0.378 e. The summed E-state index contributed by atoms with van der Waals surface area (Å²) < 4.78 is 10.6. The lowest BCUT2D eigenvalue weighted by Gasteiger charge is -2.37. The maximum absolute atomic E-state index is 13.0. The fraction of sp³-hybridized carbons (Fsp3) is 0.867. The molecule has 3 heterocycles. The molecule has 0 radical (unpaired) electrons. The molecular weight excluding hydrogens is 286 g/mol. The van der Waals surface area contributed by atoms with E-state index in [0.29, 0.717) is 65.6 Å². The van der Waals surface area contributed by atoms with Crippen LogP contribution in [0.3, 0.4) is 0 Å². The number of amides is 2. The topological polar surface area (TPSA) is 71.1 Å². The van der Waals surface area contributed by atoms with Crippen molar-refractivity contribution in [2.75, 3.05) is 65.7 Å². The highest BCUT2D eigenvalue weighted by molar-refractivity contribution is 5.89. The van der Waals surface area contributed by atoms with Crippen molar-refractivity contribution in [3.8, 4) is 0 Å². The van der Waals surface area contributed by atoms with Crippen LogP contribution in [0.5, 0.6) is 0 Å². The third-order valence-electron chi connectivity index (χ3n) is 4.85. The zero-order valence-corrected chi connectivity index (χ0v) is 13.0. The molecule has 7 nitrogen and oxygen atoms in total. The maximum Gasteiger partial charge on any atom is 0.230 e. The van der Waals surface area contributed by atoms with Crippen molar-refractivity contribution in [1.82, 2.24) is 15.1 Å². The standard InChI is InChI=1S/C15H25N3O4/c19-13(17-3-7-21-8-4-17)11-15(1-2-16-12-15)14(20)18-5-9-22-10-6-18/h16H,1-12H2. The Morgan fingerprint density at radius 3 is 2.09 bits per heavy atom. The minimum absolute atomic E-state index is 0.0774. The van der Waals surface area contributed by atoms with Crippen LogP contribution in [0.2, 0.25) is 0 Å². The molecule has 2 amide bonds. The molecule has 7 heteroatoms. The van der Waals surface area contributed by atoms with Gasteiger partial charge in [0.25, 0.3) is 0 Å². The summed E-state index contributed by atoms with van der Waals surface area (Å²) in [6, 6.07) is 0. The largest absolute Gasteiger partial charge is 0.378 e. The Labute approximate surface area is 130 Å². The van der Waals surface area contributed by atoms with Crippen LogP contribution in [0.1, 0.15) is 12.8 Å². The van der Waals surface area contributed by atoms with Crippen LogP contribution in [-0.2, 0) is 19.1 Å². The molecule has 3 aliphatic heterocycles. The molecule has 0 saturated carbocycles. The smallest absolute Gasteiger partial charge is 0.230 e. The SMILES string of the molecule is O=C(CC1(C(=O)N2CCOCC2)CCNC1)N1CCOCC1.